The number of piperazine rings is 1. The number of anilines is 1. The molecule has 0 amide bonds. The molecule has 0 aromatic carbocycles. The van der Waals surface area contributed by atoms with Crippen molar-refractivity contribution >= 4 is 5.82 Å². The third-order valence-electron chi connectivity index (χ3n) is 3.72. The van der Waals surface area contributed by atoms with Crippen LogP contribution >= 0.6 is 0 Å². The normalized spacial score (nSPS) is 17.3. The molecule has 3 rings (SSSR count). The van der Waals surface area contributed by atoms with Crippen molar-refractivity contribution in [1.29, 1.82) is 5.26 Å². The van der Waals surface area contributed by atoms with E-state index in [1.807, 2.05) is 13.2 Å². The fourth-order valence-corrected chi connectivity index (χ4v) is 2.69. The lowest BCUT2D eigenvalue weighted by atomic mass is 10.0. The number of rotatable bonds is 2. The molecule has 0 bridgehead atoms. The number of nitriles is 1. The van der Waals surface area contributed by atoms with Crippen molar-refractivity contribution < 1.29 is 0 Å². The molecule has 7 heteroatoms. The van der Waals surface area contributed by atoms with Crippen LogP contribution in [-0.4, -0.2) is 44.9 Å². The number of nitrogens with one attached hydrogen (secondary N) is 1. The minimum absolute atomic E-state index is 0.00953. The first-order chi connectivity index (χ1) is 10.5. The zero-order valence-electron chi connectivity index (χ0n) is 13.0. The first-order valence-corrected chi connectivity index (χ1v) is 7.25. The summed E-state index contributed by atoms with van der Waals surface area (Å²) in [6.45, 7) is 6.78. The molecule has 1 saturated heterocycles. The largest absolute Gasteiger partial charge is 0.352 e. The van der Waals surface area contributed by atoms with E-state index in [0.29, 0.717) is 17.2 Å². The van der Waals surface area contributed by atoms with Crippen LogP contribution in [-0.2, 0) is 7.05 Å². The second-order valence-electron chi connectivity index (χ2n) is 6.18. The first kappa shape index (κ1) is 14.5. The van der Waals surface area contributed by atoms with Crippen LogP contribution in [0.1, 0.15) is 19.4 Å². The maximum Gasteiger partial charge on any atom is 0.164 e. The smallest absolute Gasteiger partial charge is 0.164 e. The van der Waals surface area contributed by atoms with Gasteiger partial charge in [0, 0.05) is 38.4 Å². The van der Waals surface area contributed by atoms with E-state index in [2.05, 4.69) is 45.2 Å². The summed E-state index contributed by atoms with van der Waals surface area (Å²) in [4.78, 5) is 11.1. The highest BCUT2D eigenvalue weighted by atomic mass is 15.3. The Morgan fingerprint density at radius 3 is 2.82 bits per heavy atom. The lowest BCUT2D eigenvalue weighted by Crippen LogP contribution is -2.57. The van der Waals surface area contributed by atoms with Gasteiger partial charge >= 0.3 is 0 Å². The summed E-state index contributed by atoms with van der Waals surface area (Å²) in [5, 5.41) is 17.0. The lowest BCUT2D eigenvalue weighted by molar-refractivity contribution is 0.351. The molecule has 3 heterocycles. The first-order valence-electron chi connectivity index (χ1n) is 7.25. The Hall–Kier alpha value is -2.46. The summed E-state index contributed by atoms with van der Waals surface area (Å²) < 4.78 is 1.71. The Morgan fingerprint density at radius 1 is 1.36 bits per heavy atom. The van der Waals surface area contributed by atoms with Crippen LogP contribution in [0.5, 0.6) is 0 Å². The summed E-state index contributed by atoms with van der Waals surface area (Å²) in [5.74, 6) is 1.30. The second kappa shape index (κ2) is 5.39. The van der Waals surface area contributed by atoms with E-state index in [4.69, 9.17) is 0 Å². The number of aromatic nitrogens is 4. The average Bonchev–Trinajstić information content (AvgIpc) is 2.92. The molecule has 2 aromatic rings. The zero-order chi connectivity index (χ0) is 15.7. The predicted octanol–water partition coefficient (Wildman–Crippen LogP) is 0.937. The molecule has 0 radical (unpaired) electrons. The van der Waals surface area contributed by atoms with Crippen molar-refractivity contribution in [3.05, 3.63) is 24.2 Å². The zero-order valence-corrected chi connectivity index (χ0v) is 13.0. The molecule has 1 aliphatic rings. The Labute approximate surface area is 129 Å². The standard InChI is InChI=1S/C15H19N7/c1-15(2)10-22(5-4-18-15)14-11(6-16)7-17-13(20-14)12-8-19-21(3)9-12/h7-9,18H,4-5,10H2,1-3H3. The van der Waals surface area contributed by atoms with Gasteiger partial charge in [-0.2, -0.15) is 10.4 Å². The average molecular weight is 297 g/mol. The van der Waals surface area contributed by atoms with Crippen molar-refractivity contribution in [2.24, 2.45) is 7.05 Å². The minimum atomic E-state index is -0.00953. The molecule has 22 heavy (non-hydrogen) atoms. The highest BCUT2D eigenvalue weighted by Crippen LogP contribution is 2.24. The van der Waals surface area contributed by atoms with Gasteiger partial charge in [0.25, 0.3) is 0 Å². The van der Waals surface area contributed by atoms with Crippen LogP contribution in [0.4, 0.5) is 5.82 Å². The molecule has 0 aliphatic carbocycles. The van der Waals surface area contributed by atoms with E-state index in [1.54, 1.807) is 17.1 Å². The van der Waals surface area contributed by atoms with Crippen LogP contribution in [0, 0.1) is 11.3 Å². The lowest BCUT2D eigenvalue weighted by Gasteiger charge is -2.40. The van der Waals surface area contributed by atoms with Gasteiger partial charge in [-0.1, -0.05) is 0 Å². The number of aryl methyl sites for hydroxylation is 1. The van der Waals surface area contributed by atoms with Gasteiger partial charge in [-0.25, -0.2) is 9.97 Å². The van der Waals surface area contributed by atoms with Gasteiger partial charge in [-0.05, 0) is 13.8 Å². The van der Waals surface area contributed by atoms with Gasteiger partial charge in [-0.15, -0.1) is 0 Å². The molecule has 7 nitrogen and oxygen atoms in total. The van der Waals surface area contributed by atoms with E-state index < -0.39 is 0 Å². The highest BCUT2D eigenvalue weighted by molar-refractivity contribution is 5.60. The number of nitrogens with zero attached hydrogens (tertiary/aromatic N) is 6. The van der Waals surface area contributed by atoms with Gasteiger partial charge in [0.15, 0.2) is 11.6 Å². The summed E-state index contributed by atoms with van der Waals surface area (Å²) >= 11 is 0. The van der Waals surface area contributed by atoms with Crippen LogP contribution in [0.15, 0.2) is 18.6 Å². The molecular weight excluding hydrogens is 278 g/mol. The molecule has 0 spiro atoms. The molecule has 114 valence electrons. The SMILES string of the molecule is Cn1cc(-c2ncc(C#N)c(N3CCNC(C)(C)C3)n2)cn1. The quantitative estimate of drug-likeness (QED) is 0.888. The summed E-state index contributed by atoms with van der Waals surface area (Å²) in [6.07, 6.45) is 5.19. The second-order valence-corrected chi connectivity index (χ2v) is 6.18. The molecule has 1 N–H and O–H groups in total. The van der Waals surface area contributed by atoms with Crippen molar-refractivity contribution in [1.82, 2.24) is 25.1 Å². The molecule has 0 saturated carbocycles. The summed E-state index contributed by atoms with van der Waals surface area (Å²) in [6, 6.07) is 2.20. The number of hydrogen-bond acceptors (Lipinski definition) is 6. The minimum Gasteiger partial charge on any atom is -0.352 e. The molecular formula is C15H19N7. The fourth-order valence-electron chi connectivity index (χ4n) is 2.69. The van der Waals surface area contributed by atoms with Crippen LogP contribution in [0.25, 0.3) is 11.4 Å². The third-order valence-corrected chi connectivity index (χ3v) is 3.72. The van der Waals surface area contributed by atoms with Gasteiger partial charge in [0.2, 0.25) is 0 Å². The third kappa shape index (κ3) is 2.78. The Bertz CT molecular complexity index is 726. The monoisotopic (exact) mass is 297 g/mol. The topological polar surface area (TPSA) is 82.7 Å². The summed E-state index contributed by atoms with van der Waals surface area (Å²) in [7, 11) is 1.85. The van der Waals surface area contributed by atoms with E-state index in [1.165, 1.54) is 0 Å². The number of hydrogen-bond donors (Lipinski definition) is 1. The van der Waals surface area contributed by atoms with E-state index in [9.17, 15) is 5.26 Å². The maximum absolute atomic E-state index is 9.36. The predicted molar refractivity (Wildman–Crippen MR) is 83.2 cm³/mol. The van der Waals surface area contributed by atoms with Gasteiger partial charge in [0.05, 0.1) is 18.0 Å². The van der Waals surface area contributed by atoms with Crippen LogP contribution in [0.2, 0.25) is 0 Å². The van der Waals surface area contributed by atoms with Gasteiger partial charge < -0.3 is 10.2 Å². The van der Waals surface area contributed by atoms with Gasteiger partial charge in [0.1, 0.15) is 11.6 Å². The Morgan fingerprint density at radius 2 is 2.18 bits per heavy atom. The van der Waals surface area contributed by atoms with Crippen molar-refractivity contribution in [2.45, 2.75) is 19.4 Å². The van der Waals surface area contributed by atoms with Crippen LogP contribution < -0.4 is 10.2 Å². The highest BCUT2D eigenvalue weighted by Gasteiger charge is 2.28. The fraction of sp³-hybridized carbons (Fsp3) is 0.467. The van der Waals surface area contributed by atoms with E-state index in [0.717, 1.165) is 25.2 Å². The van der Waals surface area contributed by atoms with Crippen molar-refractivity contribution in [3.8, 4) is 17.5 Å². The van der Waals surface area contributed by atoms with E-state index in [-0.39, 0.29) is 5.54 Å². The van der Waals surface area contributed by atoms with Gasteiger partial charge in [-0.3, -0.25) is 4.68 Å². The molecule has 0 unspecified atom stereocenters. The Kier molecular flexibility index (Phi) is 3.54. The van der Waals surface area contributed by atoms with Crippen molar-refractivity contribution in [2.75, 3.05) is 24.5 Å². The maximum atomic E-state index is 9.36. The Balaban J connectivity index is 2.00. The van der Waals surface area contributed by atoms with E-state index >= 15 is 0 Å². The molecule has 0 atom stereocenters. The van der Waals surface area contributed by atoms with Crippen LogP contribution in [0.3, 0.4) is 0 Å². The summed E-state index contributed by atoms with van der Waals surface area (Å²) in [5.41, 5.74) is 1.35. The molecule has 1 aliphatic heterocycles. The van der Waals surface area contributed by atoms with Crippen molar-refractivity contribution in [3.63, 3.8) is 0 Å². The molecule has 2 aromatic heterocycles. The molecule has 1 fully saturated rings.